The second-order valence-electron chi connectivity index (χ2n) is 6.40. The summed E-state index contributed by atoms with van der Waals surface area (Å²) in [5.41, 5.74) is 0. The molecule has 1 saturated heterocycles. The Kier molecular flexibility index (Phi) is 7.30. The minimum Gasteiger partial charge on any atom is -0.337 e. The van der Waals surface area contributed by atoms with Gasteiger partial charge in [-0.1, -0.05) is 20.3 Å². The number of carbonyl (C=O) groups is 1. The van der Waals surface area contributed by atoms with Gasteiger partial charge in [0.1, 0.15) is 0 Å². The van der Waals surface area contributed by atoms with Crippen molar-refractivity contribution in [3.63, 3.8) is 0 Å². The molecule has 0 bridgehead atoms. The molecule has 0 aromatic carbocycles. The predicted molar refractivity (Wildman–Crippen MR) is 84.0 cm³/mol. The van der Waals surface area contributed by atoms with E-state index < -0.39 is 0 Å². The van der Waals surface area contributed by atoms with E-state index in [9.17, 15) is 4.79 Å². The molecular formula is C15H32N4O. The van der Waals surface area contributed by atoms with Crippen molar-refractivity contribution < 1.29 is 4.79 Å². The monoisotopic (exact) mass is 284 g/mol. The third-order valence-electron chi connectivity index (χ3n) is 4.31. The number of rotatable bonds is 6. The normalized spacial score (nSPS) is 24.1. The van der Waals surface area contributed by atoms with Gasteiger partial charge in [-0.05, 0) is 33.4 Å². The van der Waals surface area contributed by atoms with Crippen LogP contribution >= 0.6 is 0 Å². The van der Waals surface area contributed by atoms with Crippen LogP contribution in [-0.4, -0.2) is 68.2 Å². The Balaban J connectivity index is 2.25. The standard InChI is InChI=1S/C15H32N4O/c1-6-12(2)9-13(3)17-15(20)16-10-14-11-18(4)7-8-19(14)5/h12-14H,6-11H2,1-5H3,(H2,16,17,20)/t12-,13-,14+/m0/s1. The summed E-state index contributed by atoms with van der Waals surface area (Å²) < 4.78 is 0. The number of nitrogens with zero attached hydrogens (tertiary/aromatic N) is 2. The number of nitrogens with one attached hydrogen (secondary N) is 2. The second-order valence-corrected chi connectivity index (χ2v) is 6.40. The smallest absolute Gasteiger partial charge is 0.315 e. The zero-order valence-electron chi connectivity index (χ0n) is 13.8. The van der Waals surface area contributed by atoms with Gasteiger partial charge in [-0.2, -0.15) is 0 Å². The van der Waals surface area contributed by atoms with Crippen molar-refractivity contribution in [3.05, 3.63) is 0 Å². The summed E-state index contributed by atoms with van der Waals surface area (Å²) in [6.07, 6.45) is 2.20. The van der Waals surface area contributed by atoms with E-state index >= 15 is 0 Å². The van der Waals surface area contributed by atoms with E-state index in [-0.39, 0.29) is 12.1 Å². The van der Waals surface area contributed by atoms with Gasteiger partial charge in [0.05, 0.1) is 0 Å². The lowest BCUT2D eigenvalue weighted by molar-refractivity contribution is 0.114. The molecule has 118 valence electrons. The zero-order chi connectivity index (χ0) is 15.1. The molecule has 20 heavy (non-hydrogen) atoms. The quantitative estimate of drug-likeness (QED) is 0.774. The topological polar surface area (TPSA) is 47.6 Å². The van der Waals surface area contributed by atoms with Crippen molar-refractivity contribution in [2.75, 3.05) is 40.3 Å². The Morgan fingerprint density at radius 2 is 2.00 bits per heavy atom. The summed E-state index contributed by atoms with van der Waals surface area (Å²) in [6, 6.07) is 0.600. The van der Waals surface area contributed by atoms with E-state index in [0.29, 0.717) is 18.5 Å². The lowest BCUT2D eigenvalue weighted by atomic mass is 10.0. The molecule has 0 saturated carbocycles. The first kappa shape index (κ1) is 17.2. The van der Waals surface area contributed by atoms with Crippen LogP contribution in [0.25, 0.3) is 0 Å². The molecule has 5 heteroatoms. The first-order valence-electron chi connectivity index (χ1n) is 7.85. The van der Waals surface area contributed by atoms with Crippen LogP contribution in [0.4, 0.5) is 4.79 Å². The first-order valence-corrected chi connectivity index (χ1v) is 7.85. The van der Waals surface area contributed by atoms with Crippen molar-refractivity contribution in [1.82, 2.24) is 20.4 Å². The fraction of sp³-hybridized carbons (Fsp3) is 0.933. The molecule has 2 amide bonds. The highest BCUT2D eigenvalue weighted by molar-refractivity contribution is 5.74. The Morgan fingerprint density at radius 3 is 2.65 bits per heavy atom. The highest BCUT2D eigenvalue weighted by atomic mass is 16.2. The van der Waals surface area contributed by atoms with E-state index in [2.05, 4.69) is 55.3 Å². The van der Waals surface area contributed by atoms with E-state index in [4.69, 9.17) is 0 Å². The summed E-state index contributed by atoms with van der Waals surface area (Å²) in [7, 11) is 4.26. The molecule has 2 N–H and O–H groups in total. The molecule has 3 atom stereocenters. The third kappa shape index (κ3) is 6.09. The average molecular weight is 284 g/mol. The van der Waals surface area contributed by atoms with Crippen LogP contribution in [0.3, 0.4) is 0 Å². The molecule has 0 aliphatic carbocycles. The van der Waals surface area contributed by atoms with Gasteiger partial charge in [-0.15, -0.1) is 0 Å². The van der Waals surface area contributed by atoms with Crippen molar-refractivity contribution in [2.24, 2.45) is 5.92 Å². The molecule has 0 spiro atoms. The van der Waals surface area contributed by atoms with Crippen LogP contribution in [0.5, 0.6) is 0 Å². The van der Waals surface area contributed by atoms with Crippen molar-refractivity contribution in [3.8, 4) is 0 Å². The summed E-state index contributed by atoms with van der Waals surface area (Å²) >= 11 is 0. The highest BCUT2D eigenvalue weighted by Crippen LogP contribution is 2.09. The molecule has 1 aliphatic heterocycles. The second kappa shape index (κ2) is 8.47. The summed E-state index contributed by atoms with van der Waals surface area (Å²) in [5, 5.41) is 6.04. The predicted octanol–water partition coefficient (Wildman–Crippen LogP) is 1.36. The van der Waals surface area contributed by atoms with Gasteiger partial charge in [0.2, 0.25) is 0 Å². The minimum absolute atomic E-state index is 0.0394. The van der Waals surface area contributed by atoms with E-state index in [1.807, 2.05) is 0 Å². The van der Waals surface area contributed by atoms with Crippen LogP contribution in [0, 0.1) is 5.92 Å². The maximum atomic E-state index is 11.9. The minimum atomic E-state index is -0.0394. The van der Waals surface area contributed by atoms with Gasteiger partial charge in [-0.25, -0.2) is 4.79 Å². The van der Waals surface area contributed by atoms with E-state index in [1.165, 1.54) is 0 Å². The maximum absolute atomic E-state index is 11.9. The van der Waals surface area contributed by atoms with Crippen molar-refractivity contribution in [1.29, 1.82) is 0 Å². The van der Waals surface area contributed by atoms with Crippen LogP contribution in [0.15, 0.2) is 0 Å². The van der Waals surface area contributed by atoms with Crippen molar-refractivity contribution in [2.45, 2.75) is 45.7 Å². The summed E-state index contributed by atoms with van der Waals surface area (Å²) in [6.45, 7) is 10.4. The summed E-state index contributed by atoms with van der Waals surface area (Å²) in [4.78, 5) is 16.5. The van der Waals surface area contributed by atoms with Gasteiger partial charge in [0.25, 0.3) is 0 Å². The molecule has 1 fully saturated rings. The first-order chi connectivity index (χ1) is 9.42. The summed E-state index contributed by atoms with van der Waals surface area (Å²) in [5.74, 6) is 0.656. The highest BCUT2D eigenvalue weighted by Gasteiger charge is 2.22. The van der Waals surface area contributed by atoms with Gasteiger partial charge in [0, 0.05) is 38.3 Å². The fourth-order valence-corrected chi connectivity index (χ4v) is 2.64. The third-order valence-corrected chi connectivity index (χ3v) is 4.31. The average Bonchev–Trinajstić information content (AvgIpc) is 2.39. The van der Waals surface area contributed by atoms with Crippen LogP contribution in [0.2, 0.25) is 0 Å². The zero-order valence-corrected chi connectivity index (χ0v) is 13.8. The SMILES string of the molecule is CC[C@H](C)C[C@H](C)NC(=O)NC[C@@H]1CN(C)CCN1C. The number of hydrogen-bond donors (Lipinski definition) is 2. The Hall–Kier alpha value is -0.810. The van der Waals surface area contributed by atoms with Gasteiger partial charge >= 0.3 is 6.03 Å². The lowest BCUT2D eigenvalue weighted by Gasteiger charge is -2.37. The Bertz CT molecular complexity index is 298. The lowest BCUT2D eigenvalue weighted by Crippen LogP contribution is -2.55. The molecule has 1 heterocycles. The van der Waals surface area contributed by atoms with Gasteiger partial charge in [0.15, 0.2) is 0 Å². The Labute approximate surface area is 124 Å². The number of urea groups is 1. The number of amides is 2. The van der Waals surface area contributed by atoms with Crippen LogP contribution in [0.1, 0.15) is 33.6 Å². The van der Waals surface area contributed by atoms with Crippen molar-refractivity contribution >= 4 is 6.03 Å². The molecule has 0 radical (unpaired) electrons. The molecule has 1 rings (SSSR count). The van der Waals surface area contributed by atoms with E-state index in [1.54, 1.807) is 0 Å². The molecule has 1 aliphatic rings. The molecule has 0 aromatic heterocycles. The number of hydrogen-bond acceptors (Lipinski definition) is 3. The molecule has 0 unspecified atom stereocenters. The molecule has 0 aromatic rings. The number of likely N-dealkylation sites (N-methyl/N-ethyl adjacent to an activating group) is 2. The van der Waals surface area contributed by atoms with Crippen LogP contribution in [-0.2, 0) is 0 Å². The Morgan fingerprint density at radius 1 is 1.30 bits per heavy atom. The number of carbonyl (C=O) groups excluding carboxylic acids is 1. The maximum Gasteiger partial charge on any atom is 0.315 e. The van der Waals surface area contributed by atoms with Gasteiger partial charge < -0.3 is 15.5 Å². The van der Waals surface area contributed by atoms with Crippen LogP contribution < -0.4 is 10.6 Å². The molecular weight excluding hydrogens is 252 g/mol. The van der Waals surface area contributed by atoms with Gasteiger partial charge in [-0.3, -0.25) is 4.90 Å². The fourth-order valence-electron chi connectivity index (χ4n) is 2.64. The number of piperazine rings is 1. The molecule has 5 nitrogen and oxygen atoms in total. The van der Waals surface area contributed by atoms with E-state index in [0.717, 1.165) is 32.5 Å². The largest absolute Gasteiger partial charge is 0.337 e.